The third-order valence-electron chi connectivity index (χ3n) is 2.50. The Morgan fingerprint density at radius 1 is 0.895 bits per heavy atom. The number of phenolic OH excluding ortho intramolecular Hbond substituents is 2. The number of nitro benzene ring substituents is 1. The van der Waals surface area contributed by atoms with E-state index in [0.717, 1.165) is 11.6 Å². The van der Waals surface area contributed by atoms with Crippen LogP contribution in [0, 0.1) is 10.1 Å². The van der Waals surface area contributed by atoms with E-state index in [9.17, 15) is 15.2 Å². The van der Waals surface area contributed by atoms with Crippen LogP contribution in [-0.2, 0) is 0 Å². The third kappa shape index (κ3) is 3.32. The summed E-state index contributed by atoms with van der Waals surface area (Å²) >= 11 is 0. The van der Waals surface area contributed by atoms with Crippen LogP contribution in [0.1, 0.15) is 11.1 Å². The van der Waals surface area contributed by atoms with Crippen LogP contribution in [0.4, 0.5) is 5.69 Å². The zero-order chi connectivity index (χ0) is 13.8. The summed E-state index contributed by atoms with van der Waals surface area (Å²) < 4.78 is 0. The van der Waals surface area contributed by atoms with E-state index in [0.29, 0.717) is 5.56 Å². The largest absolute Gasteiger partial charge is 0.508 e. The molecular formula is C14H11NO4. The molecule has 2 rings (SSSR count). The van der Waals surface area contributed by atoms with Crippen LogP contribution in [0.15, 0.2) is 42.5 Å². The fourth-order valence-corrected chi connectivity index (χ4v) is 1.60. The second kappa shape index (κ2) is 5.22. The fraction of sp³-hybridized carbons (Fsp3) is 0. The first-order chi connectivity index (χ1) is 9.04. The van der Waals surface area contributed by atoms with Crippen LogP contribution in [-0.4, -0.2) is 15.1 Å². The lowest BCUT2D eigenvalue weighted by Gasteiger charge is -1.98. The van der Waals surface area contributed by atoms with Gasteiger partial charge in [0.15, 0.2) is 0 Å². The number of phenols is 2. The van der Waals surface area contributed by atoms with Crippen molar-refractivity contribution in [3.8, 4) is 11.5 Å². The Morgan fingerprint density at radius 3 is 2.16 bits per heavy atom. The van der Waals surface area contributed by atoms with Gasteiger partial charge in [0.05, 0.1) is 11.0 Å². The number of hydrogen-bond acceptors (Lipinski definition) is 4. The number of aromatic hydroxyl groups is 2. The quantitative estimate of drug-likeness (QED) is 0.502. The SMILES string of the molecule is O=[N+]([O-])c1cc(O)cc(/C=C/c2ccc(O)cc2)c1. The van der Waals surface area contributed by atoms with Gasteiger partial charge in [0.1, 0.15) is 11.5 Å². The summed E-state index contributed by atoms with van der Waals surface area (Å²) in [4.78, 5) is 10.1. The number of nitro groups is 1. The molecule has 0 saturated heterocycles. The van der Waals surface area contributed by atoms with E-state index < -0.39 is 4.92 Å². The molecule has 0 aliphatic heterocycles. The normalized spacial score (nSPS) is 10.7. The van der Waals surface area contributed by atoms with Crippen molar-refractivity contribution in [1.82, 2.24) is 0 Å². The molecule has 0 heterocycles. The molecule has 96 valence electrons. The maximum absolute atomic E-state index is 10.7. The second-order valence-electron chi connectivity index (χ2n) is 3.96. The van der Waals surface area contributed by atoms with E-state index in [1.807, 2.05) is 0 Å². The van der Waals surface area contributed by atoms with E-state index in [2.05, 4.69) is 0 Å². The second-order valence-corrected chi connectivity index (χ2v) is 3.96. The fourth-order valence-electron chi connectivity index (χ4n) is 1.60. The van der Waals surface area contributed by atoms with E-state index in [1.165, 1.54) is 12.1 Å². The highest BCUT2D eigenvalue weighted by atomic mass is 16.6. The van der Waals surface area contributed by atoms with Crippen LogP contribution in [0.25, 0.3) is 12.2 Å². The molecule has 0 unspecified atom stereocenters. The van der Waals surface area contributed by atoms with E-state index in [1.54, 1.807) is 36.4 Å². The summed E-state index contributed by atoms with van der Waals surface area (Å²) in [5.74, 6) is 0.0182. The molecule has 5 heteroatoms. The molecule has 0 amide bonds. The van der Waals surface area contributed by atoms with Gasteiger partial charge in [0.2, 0.25) is 0 Å². The minimum absolute atomic E-state index is 0.153. The summed E-state index contributed by atoms with van der Waals surface area (Å²) in [5.41, 5.74) is 1.20. The van der Waals surface area contributed by atoms with Crippen LogP contribution < -0.4 is 0 Å². The molecular weight excluding hydrogens is 246 g/mol. The van der Waals surface area contributed by atoms with Gasteiger partial charge in [-0.05, 0) is 29.3 Å². The Labute approximate surface area is 109 Å². The van der Waals surface area contributed by atoms with E-state index in [4.69, 9.17) is 5.11 Å². The van der Waals surface area contributed by atoms with Gasteiger partial charge in [-0.25, -0.2) is 0 Å². The average molecular weight is 257 g/mol. The van der Waals surface area contributed by atoms with Gasteiger partial charge < -0.3 is 10.2 Å². The summed E-state index contributed by atoms with van der Waals surface area (Å²) in [6.07, 6.45) is 3.39. The highest BCUT2D eigenvalue weighted by molar-refractivity contribution is 5.71. The summed E-state index contributed by atoms with van der Waals surface area (Å²) in [7, 11) is 0. The molecule has 0 radical (unpaired) electrons. The Kier molecular flexibility index (Phi) is 3.47. The van der Waals surface area contributed by atoms with Crippen molar-refractivity contribution < 1.29 is 15.1 Å². The highest BCUT2D eigenvalue weighted by Gasteiger charge is 2.07. The maximum Gasteiger partial charge on any atom is 0.273 e. The minimum atomic E-state index is -0.558. The van der Waals surface area contributed by atoms with Crippen LogP contribution in [0.3, 0.4) is 0 Å². The monoisotopic (exact) mass is 257 g/mol. The van der Waals surface area contributed by atoms with Crippen molar-refractivity contribution in [2.75, 3.05) is 0 Å². The standard InChI is InChI=1S/C14H11NO4/c16-13-5-3-10(4-6-13)1-2-11-7-12(15(18)19)9-14(17)8-11/h1-9,16-17H/b2-1+. The third-order valence-corrected chi connectivity index (χ3v) is 2.50. The number of benzene rings is 2. The molecule has 0 fully saturated rings. The molecule has 0 bridgehead atoms. The topological polar surface area (TPSA) is 83.6 Å². The van der Waals surface area contributed by atoms with Crippen LogP contribution in [0.5, 0.6) is 11.5 Å². The van der Waals surface area contributed by atoms with Crippen molar-refractivity contribution in [1.29, 1.82) is 0 Å². The molecule has 19 heavy (non-hydrogen) atoms. The number of hydrogen-bond donors (Lipinski definition) is 2. The molecule has 0 aliphatic rings. The van der Waals surface area contributed by atoms with Crippen LogP contribution >= 0.6 is 0 Å². The smallest absolute Gasteiger partial charge is 0.273 e. The summed E-state index contributed by atoms with van der Waals surface area (Å²) in [5, 5.41) is 29.2. The zero-order valence-corrected chi connectivity index (χ0v) is 9.85. The first kappa shape index (κ1) is 12.6. The lowest BCUT2D eigenvalue weighted by Crippen LogP contribution is -1.88. The Balaban J connectivity index is 2.27. The summed E-state index contributed by atoms with van der Waals surface area (Å²) in [6.45, 7) is 0. The Bertz CT molecular complexity index is 632. The van der Waals surface area contributed by atoms with Gasteiger partial charge in [-0.1, -0.05) is 24.3 Å². The van der Waals surface area contributed by atoms with Crippen molar-refractivity contribution in [2.24, 2.45) is 0 Å². The van der Waals surface area contributed by atoms with Gasteiger partial charge in [-0.15, -0.1) is 0 Å². The van der Waals surface area contributed by atoms with Crippen LogP contribution in [0.2, 0.25) is 0 Å². The molecule has 2 aromatic rings. The van der Waals surface area contributed by atoms with Gasteiger partial charge in [0, 0.05) is 6.07 Å². The van der Waals surface area contributed by atoms with Crippen molar-refractivity contribution in [2.45, 2.75) is 0 Å². The first-order valence-electron chi connectivity index (χ1n) is 5.50. The first-order valence-corrected chi connectivity index (χ1v) is 5.50. The molecule has 0 aromatic heterocycles. The highest BCUT2D eigenvalue weighted by Crippen LogP contribution is 2.23. The molecule has 0 aliphatic carbocycles. The zero-order valence-electron chi connectivity index (χ0n) is 9.85. The van der Waals surface area contributed by atoms with Gasteiger partial charge in [0.25, 0.3) is 5.69 Å². The van der Waals surface area contributed by atoms with Gasteiger partial charge in [-0.3, -0.25) is 10.1 Å². The predicted molar refractivity (Wildman–Crippen MR) is 71.8 cm³/mol. The summed E-state index contributed by atoms with van der Waals surface area (Å²) in [6, 6.07) is 10.4. The molecule has 0 saturated carbocycles. The van der Waals surface area contributed by atoms with Gasteiger partial charge >= 0.3 is 0 Å². The van der Waals surface area contributed by atoms with Crippen molar-refractivity contribution >= 4 is 17.8 Å². The number of nitrogens with zero attached hydrogens (tertiary/aromatic N) is 1. The molecule has 2 N–H and O–H groups in total. The Hall–Kier alpha value is -2.82. The van der Waals surface area contributed by atoms with Crippen molar-refractivity contribution in [3.63, 3.8) is 0 Å². The number of rotatable bonds is 3. The predicted octanol–water partition coefficient (Wildman–Crippen LogP) is 3.18. The number of non-ortho nitro benzene ring substituents is 1. The van der Waals surface area contributed by atoms with Gasteiger partial charge in [-0.2, -0.15) is 0 Å². The van der Waals surface area contributed by atoms with E-state index in [-0.39, 0.29) is 17.2 Å². The molecule has 0 spiro atoms. The minimum Gasteiger partial charge on any atom is -0.508 e. The molecule has 0 atom stereocenters. The average Bonchev–Trinajstić information content (AvgIpc) is 2.37. The lowest BCUT2D eigenvalue weighted by atomic mass is 10.1. The lowest BCUT2D eigenvalue weighted by molar-refractivity contribution is -0.384. The maximum atomic E-state index is 10.7. The van der Waals surface area contributed by atoms with Crippen molar-refractivity contribution in [3.05, 3.63) is 63.7 Å². The molecule has 2 aromatic carbocycles. The molecule has 5 nitrogen and oxygen atoms in total. The van der Waals surface area contributed by atoms with E-state index >= 15 is 0 Å². The Morgan fingerprint density at radius 2 is 1.53 bits per heavy atom.